The van der Waals surface area contributed by atoms with Gasteiger partial charge >= 0.3 is 6.03 Å². The Hall–Kier alpha value is -2.81. The van der Waals surface area contributed by atoms with Crippen molar-refractivity contribution < 1.29 is 23.5 Å². The number of hydrogen-bond acceptors (Lipinski definition) is 4. The third kappa shape index (κ3) is 5.33. The summed E-state index contributed by atoms with van der Waals surface area (Å²) in [7, 11) is 0. The molecule has 0 spiro atoms. The zero-order valence-corrected chi connectivity index (χ0v) is 15.8. The molecule has 142 valence electrons. The third-order valence-corrected chi connectivity index (χ3v) is 4.34. The van der Waals surface area contributed by atoms with Crippen molar-refractivity contribution in [2.75, 3.05) is 25.1 Å². The third-order valence-electron chi connectivity index (χ3n) is 3.68. The lowest BCUT2D eigenvalue weighted by Gasteiger charge is -2.20. The molecular formula is C18H17BrFN3O4. The van der Waals surface area contributed by atoms with Crippen LogP contribution in [0.2, 0.25) is 0 Å². The summed E-state index contributed by atoms with van der Waals surface area (Å²) in [6, 6.07) is 8.64. The minimum Gasteiger partial charge on any atom is -0.486 e. The molecule has 0 fully saturated rings. The predicted octanol–water partition coefficient (Wildman–Crippen LogP) is 2.80. The number of urea groups is 1. The highest BCUT2D eigenvalue weighted by Gasteiger charge is 2.16. The molecule has 0 saturated carbocycles. The summed E-state index contributed by atoms with van der Waals surface area (Å²) in [6.07, 6.45) is 0. The first-order chi connectivity index (χ1) is 13.0. The number of ether oxygens (including phenoxy) is 2. The zero-order valence-electron chi connectivity index (χ0n) is 14.2. The summed E-state index contributed by atoms with van der Waals surface area (Å²) in [6.45, 7) is 0.928. The van der Waals surface area contributed by atoms with Crippen LogP contribution in [0.3, 0.4) is 0 Å². The van der Waals surface area contributed by atoms with Crippen molar-refractivity contribution >= 4 is 33.6 Å². The van der Waals surface area contributed by atoms with E-state index in [2.05, 4.69) is 31.9 Å². The van der Waals surface area contributed by atoms with Gasteiger partial charge in [0.1, 0.15) is 19.0 Å². The van der Waals surface area contributed by atoms with E-state index in [1.54, 1.807) is 24.3 Å². The minimum absolute atomic E-state index is 0.212. The number of hydrogen-bond donors (Lipinski definition) is 3. The molecule has 0 saturated heterocycles. The second-order valence-electron chi connectivity index (χ2n) is 5.69. The van der Waals surface area contributed by atoms with Gasteiger partial charge in [0.25, 0.3) is 0 Å². The predicted molar refractivity (Wildman–Crippen MR) is 100 cm³/mol. The average molecular weight is 438 g/mol. The van der Waals surface area contributed by atoms with Crippen molar-refractivity contribution in [1.82, 2.24) is 10.6 Å². The van der Waals surface area contributed by atoms with Gasteiger partial charge in [-0.05, 0) is 33.6 Å². The van der Waals surface area contributed by atoms with Crippen LogP contribution in [0, 0.1) is 5.82 Å². The lowest BCUT2D eigenvalue weighted by atomic mass is 10.2. The van der Waals surface area contributed by atoms with E-state index in [9.17, 15) is 14.0 Å². The molecule has 1 aliphatic rings. The number of carbonyl (C=O) groups excluding carboxylic acids is 2. The fourth-order valence-corrected chi connectivity index (χ4v) is 2.78. The van der Waals surface area contributed by atoms with Gasteiger partial charge in [0.2, 0.25) is 5.91 Å². The number of nitrogens with one attached hydrogen (secondary N) is 3. The monoisotopic (exact) mass is 437 g/mol. The van der Waals surface area contributed by atoms with Crippen molar-refractivity contribution in [3.8, 4) is 11.5 Å². The Labute approximate surface area is 163 Å². The molecule has 1 heterocycles. The van der Waals surface area contributed by atoms with E-state index in [1.165, 1.54) is 12.1 Å². The summed E-state index contributed by atoms with van der Waals surface area (Å²) in [4.78, 5) is 23.8. The van der Waals surface area contributed by atoms with Crippen LogP contribution in [0.4, 0.5) is 14.9 Å². The SMILES string of the molecule is O=C(CNC(=O)NCc1ccc(F)cc1)Nc1cc2c(cc1Br)OCCO2. The first kappa shape index (κ1) is 19.0. The van der Waals surface area contributed by atoms with E-state index in [0.717, 1.165) is 5.56 Å². The molecule has 3 amide bonds. The Kier molecular flexibility index (Phi) is 6.12. The molecule has 2 aromatic carbocycles. The molecule has 9 heteroatoms. The first-order valence-corrected chi connectivity index (χ1v) is 8.96. The van der Waals surface area contributed by atoms with Gasteiger partial charge in [-0.3, -0.25) is 4.79 Å². The number of amides is 3. The van der Waals surface area contributed by atoms with Crippen LogP contribution in [0.1, 0.15) is 5.56 Å². The minimum atomic E-state index is -0.504. The van der Waals surface area contributed by atoms with Crippen LogP contribution >= 0.6 is 15.9 Å². The molecule has 0 aliphatic carbocycles. The van der Waals surface area contributed by atoms with Crippen LogP contribution in [-0.4, -0.2) is 31.7 Å². The van der Waals surface area contributed by atoms with Gasteiger partial charge < -0.3 is 25.4 Å². The van der Waals surface area contributed by atoms with Gasteiger partial charge in [-0.1, -0.05) is 12.1 Å². The summed E-state index contributed by atoms with van der Waals surface area (Å²) in [5.41, 5.74) is 1.26. The Bertz CT molecular complexity index is 845. The van der Waals surface area contributed by atoms with Gasteiger partial charge in [-0.15, -0.1) is 0 Å². The molecule has 0 radical (unpaired) electrons. The Balaban J connectivity index is 1.46. The van der Waals surface area contributed by atoms with E-state index in [4.69, 9.17) is 9.47 Å². The Morgan fingerprint density at radius 2 is 1.70 bits per heavy atom. The maximum absolute atomic E-state index is 12.8. The molecular weight excluding hydrogens is 421 g/mol. The summed E-state index contributed by atoms with van der Waals surface area (Å²) in [5, 5.41) is 7.74. The quantitative estimate of drug-likeness (QED) is 0.670. The van der Waals surface area contributed by atoms with Crippen molar-refractivity contribution in [2.24, 2.45) is 0 Å². The Morgan fingerprint density at radius 1 is 1.04 bits per heavy atom. The van der Waals surface area contributed by atoms with E-state index < -0.39 is 11.9 Å². The van der Waals surface area contributed by atoms with Crippen molar-refractivity contribution in [3.63, 3.8) is 0 Å². The second kappa shape index (κ2) is 8.72. The molecule has 3 N–H and O–H groups in total. The summed E-state index contributed by atoms with van der Waals surface area (Å²) in [5.74, 6) is 0.406. The zero-order chi connectivity index (χ0) is 19.2. The van der Waals surface area contributed by atoms with Crippen LogP contribution in [0.25, 0.3) is 0 Å². The highest BCUT2D eigenvalue weighted by atomic mass is 79.9. The van der Waals surface area contributed by atoms with Crippen LogP contribution in [0.5, 0.6) is 11.5 Å². The number of fused-ring (bicyclic) bond motifs is 1. The lowest BCUT2D eigenvalue weighted by molar-refractivity contribution is -0.115. The normalized spacial score (nSPS) is 12.2. The van der Waals surface area contributed by atoms with Gasteiger partial charge in [0.05, 0.1) is 12.2 Å². The molecule has 27 heavy (non-hydrogen) atoms. The van der Waals surface area contributed by atoms with Crippen LogP contribution < -0.4 is 25.4 Å². The maximum Gasteiger partial charge on any atom is 0.315 e. The molecule has 0 aromatic heterocycles. The number of benzene rings is 2. The highest BCUT2D eigenvalue weighted by molar-refractivity contribution is 9.10. The summed E-state index contributed by atoms with van der Waals surface area (Å²) < 4.78 is 24.4. The smallest absolute Gasteiger partial charge is 0.315 e. The molecule has 0 bridgehead atoms. The van der Waals surface area contributed by atoms with Gasteiger partial charge in [0, 0.05) is 23.2 Å². The molecule has 7 nitrogen and oxygen atoms in total. The van der Waals surface area contributed by atoms with Crippen molar-refractivity contribution in [3.05, 3.63) is 52.3 Å². The first-order valence-electron chi connectivity index (χ1n) is 8.16. The molecule has 0 unspecified atom stereocenters. The number of anilines is 1. The molecule has 0 atom stereocenters. The number of rotatable bonds is 5. The van der Waals surface area contributed by atoms with E-state index >= 15 is 0 Å². The second-order valence-corrected chi connectivity index (χ2v) is 6.54. The van der Waals surface area contributed by atoms with Crippen molar-refractivity contribution in [1.29, 1.82) is 0 Å². The van der Waals surface area contributed by atoms with Crippen molar-refractivity contribution in [2.45, 2.75) is 6.54 Å². The fraction of sp³-hybridized carbons (Fsp3) is 0.222. The Morgan fingerprint density at radius 3 is 2.41 bits per heavy atom. The van der Waals surface area contributed by atoms with Crippen LogP contribution in [-0.2, 0) is 11.3 Å². The standard InChI is InChI=1S/C18H17BrFN3O4/c19-13-7-15-16(27-6-5-26-15)8-14(13)23-17(24)10-22-18(25)21-9-11-1-3-12(20)4-2-11/h1-4,7-8H,5-6,9-10H2,(H,23,24)(H2,21,22,25). The van der Waals surface area contributed by atoms with E-state index in [1.807, 2.05) is 0 Å². The average Bonchev–Trinajstić information content (AvgIpc) is 2.66. The topological polar surface area (TPSA) is 88.7 Å². The van der Waals surface area contributed by atoms with E-state index in [0.29, 0.717) is 34.9 Å². The molecule has 1 aliphatic heterocycles. The largest absolute Gasteiger partial charge is 0.486 e. The maximum atomic E-state index is 12.8. The summed E-state index contributed by atoms with van der Waals surface area (Å²) >= 11 is 3.36. The van der Waals surface area contributed by atoms with Gasteiger partial charge in [-0.2, -0.15) is 0 Å². The number of halogens is 2. The van der Waals surface area contributed by atoms with E-state index in [-0.39, 0.29) is 18.9 Å². The molecule has 2 aromatic rings. The van der Waals surface area contributed by atoms with Gasteiger partial charge in [-0.25, -0.2) is 9.18 Å². The highest BCUT2D eigenvalue weighted by Crippen LogP contribution is 2.38. The number of carbonyl (C=O) groups is 2. The molecule has 3 rings (SSSR count). The fourth-order valence-electron chi connectivity index (χ4n) is 2.36. The van der Waals surface area contributed by atoms with Crippen LogP contribution in [0.15, 0.2) is 40.9 Å². The lowest BCUT2D eigenvalue weighted by Crippen LogP contribution is -2.39. The van der Waals surface area contributed by atoms with Gasteiger partial charge in [0.15, 0.2) is 11.5 Å².